The lowest BCUT2D eigenvalue weighted by Crippen LogP contribution is -2.39. The van der Waals surface area contributed by atoms with Gasteiger partial charge in [0.25, 0.3) is 0 Å². The topological polar surface area (TPSA) is 73.9 Å². The molecule has 0 saturated carbocycles. The van der Waals surface area contributed by atoms with E-state index < -0.39 is 25.1 Å². The largest absolute Gasteiger partial charge is 0.444 e. The first-order valence-electron chi connectivity index (χ1n) is 6.41. The summed E-state index contributed by atoms with van der Waals surface area (Å²) >= 11 is 0. The van der Waals surface area contributed by atoms with Gasteiger partial charge in [-0.25, -0.2) is 4.79 Å². The van der Waals surface area contributed by atoms with Gasteiger partial charge in [0.2, 0.25) is 0 Å². The summed E-state index contributed by atoms with van der Waals surface area (Å²) in [7, 11) is -3.45. The molecule has 0 aliphatic carbocycles. The second kappa shape index (κ2) is 7.07. The molecule has 1 amide bonds. The first kappa shape index (κ1) is 17.0. The third-order valence-electron chi connectivity index (χ3n) is 2.31. The maximum atomic E-state index is 12.6. The molecular formula is C13H22NO5P. The molecule has 0 saturated heterocycles. The molecule has 1 rings (SSSR count). The molecule has 1 N–H and O–H groups in total. The summed E-state index contributed by atoms with van der Waals surface area (Å²) in [6.07, 6.45) is 4.71. The highest BCUT2D eigenvalue weighted by Gasteiger charge is 2.38. The smallest absolute Gasteiger partial charge is 0.408 e. The van der Waals surface area contributed by atoms with Gasteiger partial charge in [-0.15, -0.1) is 6.58 Å². The van der Waals surface area contributed by atoms with Crippen LogP contribution in [0.25, 0.3) is 0 Å². The van der Waals surface area contributed by atoms with Crippen LogP contribution < -0.4 is 5.32 Å². The summed E-state index contributed by atoms with van der Waals surface area (Å²) in [5, 5.41) is 2.56. The van der Waals surface area contributed by atoms with Gasteiger partial charge in [0.05, 0.1) is 13.2 Å². The van der Waals surface area contributed by atoms with Gasteiger partial charge in [0.1, 0.15) is 11.4 Å². The van der Waals surface area contributed by atoms with Crippen molar-refractivity contribution in [2.45, 2.75) is 38.6 Å². The van der Waals surface area contributed by atoms with Crippen LogP contribution in [-0.4, -0.2) is 30.7 Å². The van der Waals surface area contributed by atoms with E-state index in [2.05, 4.69) is 11.9 Å². The van der Waals surface area contributed by atoms with Crippen molar-refractivity contribution in [1.29, 1.82) is 0 Å². The van der Waals surface area contributed by atoms with E-state index in [-0.39, 0.29) is 13.2 Å². The Labute approximate surface area is 119 Å². The van der Waals surface area contributed by atoms with E-state index in [0.717, 1.165) is 0 Å². The van der Waals surface area contributed by atoms with Gasteiger partial charge in [-0.05, 0) is 27.2 Å². The molecule has 0 fully saturated rings. The second-order valence-corrected chi connectivity index (χ2v) is 7.51. The molecule has 6 nitrogen and oxygen atoms in total. The predicted molar refractivity (Wildman–Crippen MR) is 76.6 cm³/mol. The number of rotatable bonds is 4. The van der Waals surface area contributed by atoms with E-state index in [4.69, 9.17) is 13.8 Å². The van der Waals surface area contributed by atoms with Gasteiger partial charge in [-0.1, -0.05) is 18.2 Å². The highest BCUT2D eigenvalue weighted by atomic mass is 31.2. The fraction of sp³-hybridized carbons (Fsp3) is 0.615. The SMILES string of the molecule is C=CCOP1(=O)OCC=CCC1NC(=O)OC(C)(C)C. The molecule has 0 aromatic heterocycles. The van der Waals surface area contributed by atoms with Crippen molar-refractivity contribution in [1.82, 2.24) is 5.32 Å². The van der Waals surface area contributed by atoms with Crippen molar-refractivity contribution in [3.8, 4) is 0 Å². The van der Waals surface area contributed by atoms with Crippen molar-refractivity contribution in [2.24, 2.45) is 0 Å². The number of nitrogens with one attached hydrogen (secondary N) is 1. The molecule has 0 radical (unpaired) electrons. The number of alkyl carbamates (subject to hydrolysis) is 1. The van der Waals surface area contributed by atoms with Gasteiger partial charge >= 0.3 is 13.7 Å². The maximum absolute atomic E-state index is 12.6. The molecule has 114 valence electrons. The summed E-state index contributed by atoms with van der Waals surface area (Å²) in [4.78, 5) is 11.8. The van der Waals surface area contributed by atoms with Crippen LogP contribution in [0, 0.1) is 0 Å². The van der Waals surface area contributed by atoms with E-state index >= 15 is 0 Å². The number of hydrogen-bond acceptors (Lipinski definition) is 5. The molecule has 1 aliphatic heterocycles. The van der Waals surface area contributed by atoms with Crippen molar-refractivity contribution in [3.05, 3.63) is 24.8 Å². The minimum atomic E-state index is -3.45. The summed E-state index contributed by atoms with van der Waals surface area (Å²) in [6.45, 7) is 9.03. The molecule has 2 unspecified atom stereocenters. The monoisotopic (exact) mass is 303 g/mol. The van der Waals surface area contributed by atoms with Gasteiger partial charge in [-0.3, -0.25) is 4.57 Å². The van der Waals surface area contributed by atoms with Gasteiger partial charge in [0, 0.05) is 0 Å². The summed E-state index contributed by atoms with van der Waals surface area (Å²) < 4.78 is 28.3. The summed E-state index contributed by atoms with van der Waals surface area (Å²) in [5.74, 6) is -0.768. The standard InChI is InChI=1S/C13H22NO5P/c1-5-9-17-20(16)11(8-6-7-10-18-20)14-12(15)19-13(2,3)4/h5-7,11H,1,8-10H2,2-4H3,(H,14,15). The quantitative estimate of drug-likeness (QED) is 0.637. The zero-order valence-corrected chi connectivity index (χ0v) is 13.0. The van der Waals surface area contributed by atoms with Crippen LogP contribution in [0.3, 0.4) is 0 Å². The molecule has 2 atom stereocenters. The average Bonchev–Trinajstić information content (AvgIpc) is 2.48. The Morgan fingerprint density at radius 1 is 1.55 bits per heavy atom. The molecule has 0 bridgehead atoms. The Kier molecular flexibility index (Phi) is 5.99. The van der Waals surface area contributed by atoms with Crippen molar-refractivity contribution in [3.63, 3.8) is 0 Å². The predicted octanol–water partition coefficient (Wildman–Crippen LogP) is 3.21. The van der Waals surface area contributed by atoms with Gasteiger partial charge in [0.15, 0.2) is 0 Å². The lowest BCUT2D eigenvalue weighted by atomic mass is 10.2. The van der Waals surface area contributed by atoms with Crippen LogP contribution in [0.4, 0.5) is 4.79 Å². The maximum Gasteiger partial charge on any atom is 0.408 e. The van der Waals surface area contributed by atoms with E-state index in [1.807, 2.05) is 0 Å². The van der Waals surface area contributed by atoms with E-state index in [0.29, 0.717) is 6.42 Å². The Bertz CT molecular complexity index is 427. The lowest BCUT2D eigenvalue weighted by molar-refractivity contribution is 0.0511. The number of carbonyl (C=O) groups excluding carboxylic acids is 1. The summed E-state index contributed by atoms with van der Waals surface area (Å²) in [6, 6.07) is 0. The fourth-order valence-corrected chi connectivity index (χ4v) is 3.21. The first-order valence-corrected chi connectivity index (χ1v) is 8.02. The number of carbonyl (C=O) groups is 1. The Morgan fingerprint density at radius 3 is 2.85 bits per heavy atom. The minimum absolute atomic E-state index is 0.0871. The molecule has 0 aromatic carbocycles. The van der Waals surface area contributed by atoms with Crippen LogP contribution in [0.1, 0.15) is 27.2 Å². The highest BCUT2D eigenvalue weighted by molar-refractivity contribution is 7.54. The van der Waals surface area contributed by atoms with Crippen molar-refractivity contribution >= 4 is 13.7 Å². The van der Waals surface area contributed by atoms with Gasteiger partial charge in [-0.2, -0.15) is 0 Å². The molecular weight excluding hydrogens is 281 g/mol. The molecule has 1 aliphatic rings. The third kappa shape index (κ3) is 5.49. The van der Waals surface area contributed by atoms with Gasteiger partial charge < -0.3 is 19.1 Å². The minimum Gasteiger partial charge on any atom is -0.444 e. The van der Waals surface area contributed by atoms with Crippen LogP contribution in [0.15, 0.2) is 24.8 Å². The van der Waals surface area contributed by atoms with E-state index in [1.54, 1.807) is 32.9 Å². The number of amides is 1. The van der Waals surface area contributed by atoms with Crippen LogP contribution >= 0.6 is 7.60 Å². The van der Waals surface area contributed by atoms with Crippen LogP contribution in [0.5, 0.6) is 0 Å². The van der Waals surface area contributed by atoms with Crippen molar-refractivity contribution < 1.29 is 23.1 Å². The van der Waals surface area contributed by atoms with E-state index in [1.165, 1.54) is 6.08 Å². The van der Waals surface area contributed by atoms with Crippen LogP contribution in [0.2, 0.25) is 0 Å². The molecule has 20 heavy (non-hydrogen) atoms. The second-order valence-electron chi connectivity index (χ2n) is 5.29. The average molecular weight is 303 g/mol. The normalized spacial score (nSPS) is 26.6. The molecule has 7 heteroatoms. The van der Waals surface area contributed by atoms with Crippen LogP contribution in [-0.2, 0) is 18.3 Å². The zero-order valence-electron chi connectivity index (χ0n) is 12.1. The van der Waals surface area contributed by atoms with Crippen molar-refractivity contribution in [2.75, 3.05) is 13.2 Å². The molecule has 1 heterocycles. The highest BCUT2D eigenvalue weighted by Crippen LogP contribution is 2.54. The lowest BCUT2D eigenvalue weighted by Gasteiger charge is -2.27. The zero-order chi connectivity index (χ0) is 15.2. The van der Waals surface area contributed by atoms with E-state index in [9.17, 15) is 9.36 Å². The Balaban J connectivity index is 2.75. The first-order chi connectivity index (χ1) is 9.27. The fourth-order valence-electron chi connectivity index (χ4n) is 1.52. The third-order valence-corrected chi connectivity index (χ3v) is 4.44. The number of hydrogen-bond donors (Lipinski definition) is 1. The molecule has 0 spiro atoms. The Hall–Kier alpha value is -1.10. The molecule has 0 aromatic rings. The summed E-state index contributed by atoms with van der Waals surface area (Å²) in [5.41, 5.74) is -0.628. The Morgan fingerprint density at radius 2 is 2.25 bits per heavy atom. The number of ether oxygens (including phenoxy) is 1.